The molecule has 0 aliphatic rings. The fourth-order valence-electron chi connectivity index (χ4n) is 1.37. The van der Waals surface area contributed by atoms with Gasteiger partial charge in [0.1, 0.15) is 12.2 Å². The number of nitrogens with zero attached hydrogens (tertiary/aromatic N) is 3. The van der Waals surface area contributed by atoms with Crippen LogP contribution in [0.3, 0.4) is 0 Å². The van der Waals surface area contributed by atoms with Crippen LogP contribution in [-0.4, -0.2) is 20.8 Å². The molecule has 1 atom stereocenters. The highest BCUT2D eigenvalue weighted by Crippen LogP contribution is 2.05. The first-order valence-corrected chi connectivity index (χ1v) is 5.26. The van der Waals surface area contributed by atoms with Crippen LogP contribution >= 0.6 is 0 Å². The van der Waals surface area contributed by atoms with Crippen LogP contribution in [0.5, 0.6) is 0 Å². The molecule has 0 bridgehead atoms. The quantitative estimate of drug-likeness (QED) is 0.740. The van der Waals surface area contributed by atoms with E-state index in [0.717, 1.165) is 12.2 Å². The Morgan fingerprint density at radius 2 is 2.33 bits per heavy atom. The molecule has 0 fully saturated rings. The van der Waals surface area contributed by atoms with Gasteiger partial charge in [0, 0.05) is 6.04 Å². The number of rotatable bonds is 5. The Hall–Kier alpha value is -1.34. The van der Waals surface area contributed by atoms with Crippen molar-refractivity contribution in [2.45, 2.75) is 45.8 Å². The standard InChI is InChI=1S/C11H18N4/c1-5-10(6-2)12-7-11-13-8-14-15(11)9(3)4/h1,8-10,12H,6-7H2,2-4H3. The van der Waals surface area contributed by atoms with E-state index in [9.17, 15) is 0 Å². The second-order valence-electron chi connectivity index (χ2n) is 3.72. The summed E-state index contributed by atoms with van der Waals surface area (Å²) in [5.74, 6) is 3.62. The van der Waals surface area contributed by atoms with Gasteiger partial charge in [-0.25, -0.2) is 9.67 Å². The fourth-order valence-corrected chi connectivity index (χ4v) is 1.37. The predicted octanol–water partition coefficient (Wildman–Crippen LogP) is 1.36. The van der Waals surface area contributed by atoms with Crippen molar-refractivity contribution in [2.75, 3.05) is 0 Å². The number of aromatic nitrogens is 3. The van der Waals surface area contributed by atoms with Crippen molar-refractivity contribution in [3.05, 3.63) is 12.2 Å². The molecule has 15 heavy (non-hydrogen) atoms. The molecule has 0 saturated heterocycles. The Morgan fingerprint density at radius 1 is 1.60 bits per heavy atom. The highest BCUT2D eigenvalue weighted by atomic mass is 15.4. The van der Waals surface area contributed by atoms with E-state index < -0.39 is 0 Å². The van der Waals surface area contributed by atoms with Crippen molar-refractivity contribution in [1.29, 1.82) is 0 Å². The first-order chi connectivity index (χ1) is 7.19. The molecule has 1 aromatic heterocycles. The number of nitrogens with one attached hydrogen (secondary N) is 1. The third-order valence-corrected chi connectivity index (χ3v) is 2.25. The van der Waals surface area contributed by atoms with Crippen molar-refractivity contribution < 1.29 is 0 Å². The minimum absolute atomic E-state index is 0.113. The molecule has 1 N–H and O–H groups in total. The lowest BCUT2D eigenvalue weighted by atomic mass is 10.2. The third kappa shape index (κ3) is 3.07. The van der Waals surface area contributed by atoms with Gasteiger partial charge in [0.2, 0.25) is 0 Å². The van der Waals surface area contributed by atoms with E-state index in [1.54, 1.807) is 6.33 Å². The molecule has 1 rings (SSSR count). The zero-order valence-electron chi connectivity index (χ0n) is 9.57. The van der Waals surface area contributed by atoms with E-state index in [2.05, 4.69) is 42.1 Å². The van der Waals surface area contributed by atoms with Crippen LogP contribution in [0.4, 0.5) is 0 Å². The average molecular weight is 206 g/mol. The number of hydrogen-bond acceptors (Lipinski definition) is 3. The highest BCUT2D eigenvalue weighted by Gasteiger charge is 2.08. The largest absolute Gasteiger partial charge is 0.297 e. The lowest BCUT2D eigenvalue weighted by molar-refractivity contribution is 0.479. The van der Waals surface area contributed by atoms with Crippen LogP contribution < -0.4 is 5.32 Å². The van der Waals surface area contributed by atoms with E-state index >= 15 is 0 Å². The molecule has 4 heteroatoms. The maximum atomic E-state index is 5.37. The molecule has 1 aromatic rings. The second kappa shape index (κ2) is 5.52. The van der Waals surface area contributed by atoms with E-state index in [1.807, 2.05) is 4.68 Å². The van der Waals surface area contributed by atoms with Gasteiger partial charge in [-0.2, -0.15) is 5.10 Å². The molecule has 0 radical (unpaired) electrons. The summed E-state index contributed by atoms with van der Waals surface area (Å²) in [5, 5.41) is 7.42. The summed E-state index contributed by atoms with van der Waals surface area (Å²) in [7, 11) is 0. The Balaban J connectivity index is 2.58. The topological polar surface area (TPSA) is 42.7 Å². The molecule has 4 nitrogen and oxygen atoms in total. The van der Waals surface area contributed by atoms with Gasteiger partial charge in [0.15, 0.2) is 0 Å². The fraction of sp³-hybridized carbons (Fsp3) is 0.636. The lowest BCUT2D eigenvalue weighted by Crippen LogP contribution is -2.28. The summed E-state index contributed by atoms with van der Waals surface area (Å²) in [6.45, 7) is 6.89. The smallest absolute Gasteiger partial charge is 0.141 e. The van der Waals surface area contributed by atoms with Gasteiger partial charge < -0.3 is 0 Å². The van der Waals surface area contributed by atoms with Crippen LogP contribution in [-0.2, 0) is 6.54 Å². The molecule has 82 valence electrons. The normalized spacial score (nSPS) is 12.7. The average Bonchev–Trinajstić information content (AvgIpc) is 2.67. The molecule has 0 amide bonds. The van der Waals surface area contributed by atoms with E-state index in [1.165, 1.54) is 0 Å². The van der Waals surface area contributed by atoms with Crippen molar-refractivity contribution in [2.24, 2.45) is 0 Å². The first kappa shape index (κ1) is 11.7. The molecule has 0 aliphatic carbocycles. The lowest BCUT2D eigenvalue weighted by Gasteiger charge is -2.12. The minimum atomic E-state index is 0.113. The Labute approximate surface area is 91.1 Å². The van der Waals surface area contributed by atoms with Crippen molar-refractivity contribution in [1.82, 2.24) is 20.1 Å². The number of terminal acetylenes is 1. The SMILES string of the molecule is C#CC(CC)NCc1ncnn1C(C)C. The van der Waals surface area contributed by atoms with E-state index in [0.29, 0.717) is 12.6 Å². The van der Waals surface area contributed by atoms with Gasteiger partial charge in [-0.3, -0.25) is 5.32 Å². The zero-order chi connectivity index (χ0) is 11.3. The molecule has 0 saturated carbocycles. The minimum Gasteiger partial charge on any atom is -0.297 e. The summed E-state index contributed by atoms with van der Waals surface area (Å²) in [5.41, 5.74) is 0. The van der Waals surface area contributed by atoms with Crippen LogP contribution in [0.2, 0.25) is 0 Å². The van der Waals surface area contributed by atoms with Crippen LogP contribution in [0, 0.1) is 12.3 Å². The monoisotopic (exact) mass is 206 g/mol. The van der Waals surface area contributed by atoms with Crippen LogP contribution in [0.1, 0.15) is 39.1 Å². The molecule has 0 aromatic carbocycles. The molecular weight excluding hydrogens is 188 g/mol. The number of hydrogen-bond donors (Lipinski definition) is 1. The van der Waals surface area contributed by atoms with Crippen molar-refractivity contribution >= 4 is 0 Å². The Morgan fingerprint density at radius 3 is 2.87 bits per heavy atom. The molecule has 0 spiro atoms. The van der Waals surface area contributed by atoms with Crippen LogP contribution in [0.25, 0.3) is 0 Å². The van der Waals surface area contributed by atoms with Crippen LogP contribution in [0.15, 0.2) is 6.33 Å². The Bertz CT molecular complexity index is 335. The van der Waals surface area contributed by atoms with Gasteiger partial charge >= 0.3 is 0 Å². The van der Waals surface area contributed by atoms with Crippen molar-refractivity contribution in [3.63, 3.8) is 0 Å². The van der Waals surface area contributed by atoms with Gasteiger partial charge in [-0.1, -0.05) is 12.8 Å². The summed E-state index contributed by atoms with van der Waals surface area (Å²) in [6, 6.07) is 0.442. The van der Waals surface area contributed by atoms with Gasteiger partial charge in [-0.15, -0.1) is 6.42 Å². The van der Waals surface area contributed by atoms with E-state index in [-0.39, 0.29) is 6.04 Å². The Kier molecular flexibility index (Phi) is 4.32. The maximum absolute atomic E-state index is 5.37. The highest BCUT2D eigenvalue weighted by molar-refractivity contribution is 4.99. The summed E-state index contributed by atoms with van der Waals surface area (Å²) in [4.78, 5) is 4.20. The maximum Gasteiger partial charge on any atom is 0.141 e. The van der Waals surface area contributed by atoms with E-state index in [4.69, 9.17) is 6.42 Å². The first-order valence-electron chi connectivity index (χ1n) is 5.26. The van der Waals surface area contributed by atoms with Gasteiger partial charge in [0.05, 0.1) is 12.6 Å². The summed E-state index contributed by atoms with van der Waals surface area (Å²) >= 11 is 0. The second-order valence-corrected chi connectivity index (χ2v) is 3.72. The predicted molar refractivity (Wildman–Crippen MR) is 60.2 cm³/mol. The molecule has 1 heterocycles. The van der Waals surface area contributed by atoms with Gasteiger partial charge in [0.25, 0.3) is 0 Å². The summed E-state index contributed by atoms with van der Waals surface area (Å²) < 4.78 is 1.90. The zero-order valence-corrected chi connectivity index (χ0v) is 9.57. The molecule has 0 aliphatic heterocycles. The molecule has 1 unspecified atom stereocenters. The summed E-state index contributed by atoms with van der Waals surface area (Å²) in [6.07, 6.45) is 7.87. The third-order valence-electron chi connectivity index (χ3n) is 2.25. The van der Waals surface area contributed by atoms with Gasteiger partial charge in [-0.05, 0) is 20.3 Å². The van der Waals surface area contributed by atoms with Crippen molar-refractivity contribution in [3.8, 4) is 12.3 Å². The molecular formula is C11H18N4.